The number of benzene rings is 2. The molecule has 0 bridgehead atoms. The van der Waals surface area contributed by atoms with Gasteiger partial charge in [-0.15, -0.1) is 11.8 Å². The lowest BCUT2D eigenvalue weighted by Crippen LogP contribution is -2.32. The van der Waals surface area contributed by atoms with E-state index < -0.39 is 0 Å². The second kappa shape index (κ2) is 7.13. The third-order valence-electron chi connectivity index (χ3n) is 3.00. The number of carbonyl (C=O) groups is 1. The van der Waals surface area contributed by atoms with Gasteiger partial charge in [-0.3, -0.25) is 4.79 Å². The fraction of sp³-hybridized carbons (Fsp3) is 0.188. The van der Waals surface area contributed by atoms with Crippen LogP contribution in [0.15, 0.2) is 53.4 Å². The molecule has 0 saturated carbocycles. The molecule has 1 amide bonds. The van der Waals surface area contributed by atoms with E-state index in [4.69, 9.17) is 5.73 Å². The van der Waals surface area contributed by atoms with Crippen molar-refractivity contribution in [3.05, 3.63) is 54.3 Å². The molecule has 0 aromatic heterocycles. The summed E-state index contributed by atoms with van der Waals surface area (Å²) in [5.74, 6) is 0.0132. The van der Waals surface area contributed by atoms with E-state index in [1.165, 1.54) is 23.9 Å². The van der Waals surface area contributed by atoms with Gasteiger partial charge in [0.2, 0.25) is 5.91 Å². The van der Waals surface area contributed by atoms with Crippen molar-refractivity contribution >= 4 is 29.0 Å². The summed E-state index contributed by atoms with van der Waals surface area (Å²) in [5, 5.41) is 0. The van der Waals surface area contributed by atoms with Crippen molar-refractivity contribution < 1.29 is 9.18 Å². The lowest BCUT2D eigenvalue weighted by molar-refractivity contribution is -0.116. The molecule has 2 aromatic carbocycles. The Kier molecular flexibility index (Phi) is 5.22. The zero-order valence-electron chi connectivity index (χ0n) is 11.8. The number of halogens is 1. The molecule has 21 heavy (non-hydrogen) atoms. The van der Waals surface area contributed by atoms with E-state index >= 15 is 0 Å². The molecule has 0 aliphatic heterocycles. The maximum Gasteiger partial charge on any atom is 0.237 e. The van der Waals surface area contributed by atoms with Crippen LogP contribution in [0.1, 0.15) is 6.92 Å². The quantitative estimate of drug-likeness (QED) is 0.678. The molecule has 0 unspecified atom stereocenters. The third kappa shape index (κ3) is 4.23. The average molecular weight is 304 g/mol. The number of carbonyl (C=O) groups excluding carboxylic acids is 1. The summed E-state index contributed by atoms with van der Waals surface area (Å²) in [6.07, 6.45) is 0. The number of rotatable bonds is 5. The van der Waals surface area contributed by atoms with Crippen LogP contribution in [-0.2, 0) is 4.79 Å². The summed E-state index contributed by atoms with van der Waals surface area (Å²) < 4.78 is 12.9. The molecule has 110 valence electrons. The van der Waals surface area contributed by atoms with Gasteiger partial charge < -0.3 is 10.6 Å². The maximum atomic E-state index is 12.9. The zero-order valence-corrected chi connectivity index (χ0v) is 12.6. The first kappa shape index (κ1) is 15.4. The minimum Gasteiger partial charge on any atom is -0.399 e. The summed E-state index contributed by atoms with van der Waals surface area (Å²) in [5.41, 5.74) is 7.04. The number of nitrogen functional groups attached to an aromatic ring is 1. The smallest absolute Gasteiger partial charge is 0.237 e. The largest absolute Gasteiger partial charge is 0.399 e. The SMILES string of the molecule is CCN(C(=O)CSc1ccc(N)cc1)c1ccc(F)cc1. The second-order valence-corrected chi connectivity index (χ2v) is 5.52. The van der Waals surface area contributed by atoms with Crippen molar-refractivity contribution in [1.29, 1.82) is 0 Å². The average Bonchev–Trinajstić information content (AvgIpc) is 2.49. The highest BCUT2D eigenvalue weighted by Gasteiger charge is 2.14. The Morgan fingerprint density at radius 1 is 1.14 bits per heavy atom. The highest BCUT2D eigenvalue weighted by molar-refractivity contribution is 8.00. The molecular formula is C16H17FN2OS. The summed E-state index contributed by atoms with van der Waals surface area (Å²) in [6.45, 7) is 2.45. The van der Waals surface area contributed by atoms with Crippen LogP contribution in [-0.4, -0.2) is 18.2 Å². The molecule has 0 atom stereocenters. The van der Waals surface area contributed by atoms with Gasteiger partial charge >= 0.3 is 0 Å². The molecule has 0 aliphatic carbocycles. The van der Waals surface area contributed by atoms with Crippen molar-refractivity contribution in [1.82, 2.24) is 0 Å². The first-order chi connectivity index (χ1) is 10.1. The van der Waals surface area contributed by atoms with E-state index in [-0.39, 0.29) is 11.7 Å². The Balaban J connectivity index is 2.00. The van der Waals surface area contributed by atoms with E-state index in [1.54, 1.807) is 17.0 Å². The monoisotopic (exact) mass is 304 g/mol. The number of anilines is 2. The van der Waals surface area contributed by atoms with Gasteiger partial charge in [-0.05, 0) is 55.5 Å². The second-order valence-electron chi connectivity index (χ2n) is 4.47. The number of amides is 1. The summed E-state index contributed by atoms with van der Waals surface area (Å²) in [4.78, 5) is 14.9. The minimum atomic E-state index is -0.307. The molecule has 0 radical (unpaired) electrons. The van der Waals surface area contributed by atoms with Crippen LogP contribution < -0.4 is 10.6 Å². The Morgan fingerprint density at radius 2 is 1.76 bits per heavy atom. The number of nitrogens with two attached hydrogens (primary N) is 1. The molecule has 0 fully saturated rings. The van der Waals surface area contributed by atoms with E-state index in [1.807, 2.05) is 31.2 Å². The third-order valence-corrected chi connectivity index (χ3v) is 3.99. The molecular weight excluding hydrogens is 287 g/mol. The normalized spacial score (nSPS) is 10.4. The van der Waals surface area contributed by atoms with Crippen molar-refractivity contribution in [2.24, 2.45) is 0 Å². The van der Waals surface area contributed by atoms with Crippen LogP contribution in [0.3, 0.4) is 0 Å². The van der Waals surface area contributed by atoms with Crippen molar-refractivity contribution in [2.45, 2.75) is 11.8 Å². The molecule has 2 rings (SSSR count). The highest BCUT2D eigenvalue weighted by atomic mass is 32.2. The van der Waals surface area contributed by atoms with Gasteiger partial charge in [0.25, 0.3) is 0 Å². The van der Waals surface area contributed by atoms with Gasteiger partial charge in [-0.2, -0.15) is 0 Å². The summed E-state index contributed by atoms with van der Waals surface area (Å²) in [6, 6.07) is 13.4. The number of thioether (sulfide) groups is 1. The molecule has 3 nitrogen and oxygen atoms in total. The van der Waals surface area contributed by atoms with Crippen LogP contribution in [0.5, 0.6) is 0 Å². The van der Waals surface area contributed by atoms with Gasteiger partial charge in [0.15, 0.2) is 0 Å². The van der Waals surface area contributed by atoms with Crippen molar-refractivity contribution in [2.75, 3.05) is 22.9 Å². The molecule has 2 aromatic rings. The number of nitrogens with zero attached hydrogens (tertiary/aromatic N) is 1. The lowest BCUT2D eigenvalue weighted by atomic mass is 10.3. The predicted molar refractivity (Wildman–Crippen MR) is 86.0 cm³/mol. The van der Waals surface area contributed by atoms with Gasteiger partial charge in [0.1, 0.15) is 5.82 Å². The zero-order chi connectivity index (χ0) is 15.2. The minimum absolute atomic E-state index is 0.00840. The molecule has 0 saturated heterocycles. The van der Waals surface area contributed by atoms with Gasteiger partial charge in [-0.25, -0.2) is 4.39 Å². The topological polar surface area (TPSA) is 46.3 Å². The van der Waals surface area contributed by atoms with Gasteiger partial charge in [-0.1, -0.05) is 0 Å². The fourth-order valence-corrected chi connectivity index (χ4v) is 2.69. The van der Waals surface area contributed by atoms with Crippen LogP contribution in [0.2, 0.25) is 0 Å². The first-order valence-electron chi connectivity index (χ1n) is 6.64. The molecule has 0 aliphatic rings. The number of hydrogen-bond acceptors (Lipinski definition) is 3. The van der Waals surface area contributed by atoms with E-state index in [0.29, 0.717) is 23.7 Å². The molecule has 2 N–H and O–H groups in total. The molecule has 0 spiro atoms. The molecule has 0 heterocycles. The van der Waals surface area contributed by atoms with Crippen molar-refractivity contribution in [3.8, 4) is 0 Å². The van der Waals surface area contributed by atoms with E-state index in [9.17, 15) is 9.18 Å². The molecule has 5 heteroatoms. The Morgan fingerprint density at radius 3 is 2.33 bits per heavy atom. The summed E-state index contributed by atoms with van der Waals surface area (Å²) >= 11 is 1.46. The predicted octanol–water partition coefficient (Wildman–Crippen LogP) is 3.55. The maximum absolute atomic E-state index is 12.9. The Hall–Kier alpha value is -2.01. The first-order valence-corrected chi connectivity index (χ1v) is 7.63. The number of hydrogen-bond donors (Lipinski definition) is 1. The Bertz CT molecular complexity index is 599. The van der Waals surface area contributed by atoms with Crippen LogP contribution in [0, 0.1) is 5.82 Å². The summed E-state index contributed by atoms with van der Waals surface area (Å²) in [7, 11) is 0. The highest BCUT2D eigenvalue weighted by Crippen LogP contribution is 2.21. The van der Waals surface area contributed by atoms with Crippen LogP contribution in [0.4, 0.5) is 15.8 Å². The lowest BCUT2D eigenvalue weighted by Gasteiger charge is -2.20. The van der Waals surface area contributed by atoms with E-state index in [0.717, 1.165) is 4.90 Å². The van der Waals surface area contributed by atoms with Gasteiger partial charge in [0, 0.05) is 22.8 Å². The van der Waals surface area contributed by atoms with Gasteiger partial charge in [0.05, 0.1) is 5.75 Å². The standard InChI is InChI=1S/C16H17FN2OS/c1-2-19(14-7-3-12(17)4-8-14)16(20)11-21-15-9-5-13(18)6-10-15/h3-10H,2,11,18H2,1H3. The van der Waals surface area contributed by atoms with Crippen molar-refractivity contribution in [3.63, 3.8) is 0 Å². The van der Waals surface area contributed by atoms with Crippen LogP contribution in [0.25, 0.3) is 0 Å². The van der Waals surface area contributed by atoms with E-state index in [2.05, 4.69) is 0 Å². The Labute approximate surface area is 127 Å². The van der Waals surface area contributed by atoms with Crippen LogP contribution >= 0.6 is 11.8 Å². The fourth-order valence-electron chi connectivity index (χ4n) is 1.91.